The van der Waals surface area contributed by atoms with Crippen LogP contribution < -0.4 is 0 Å². The molecule has 0 bridgehead atoms. The quantitative estimate of drug-likeness (QED) is 0.600. The van der Waals surface area contributed by atoms with Gasteiger partial charge in [-0.1, -0.05) is 19.4 Å². The fourth-order valence-corrected chi connectivity index (χ4v) is 9.74. The van der Waals surface area contributed by atoms with Crippen molar-refractivity contribution in [2.45, 2.75) is 70.8 Å². The predicted molar refractivity (Wildman–Crippen MR) is 99.5 cm³/mol. The Kier molecular flexibility index (Phi) is 2.56. The first kappa shape index (κ1) is 15.8. The predicted octanol–water partition coefficient (Wildman–Crippen LogP) is 4.31. The smallest absolute Gasteiger partial charge is 0.306 e. The molecular weight excluding hydrogens is 336 g/mol. The van der Waals surface area contributed by atoms with E-state index in [2.05, 4.69) is 19.9 Å². The van der Waals surface area contributed by atoms with Crippen molar-refractivity contribution in [3.05, 3.63) is 11.6 Å². The summed E-state index contributed by atoms with van der Waals surface area (Å²) in [6.45, 7) is 4.99. The number of carbonyl (C=O) groups is 2. The van der Waals surface area contributed by atoms with Crippen LogP contribution in [0.2, 0.25) is 0 Å². The van der Waals surface area contributed by atoms with Gasteiger partial charge < -0.3 is 4.74 Å². The number of hydrogen-bond acceptors (Lipinski definition) is 3. The van der Waals surface area contributed by atoms with Crippen LogP contribution in [0.4, 0.5) is 0 Å². The Labute approximate surface area is 161 Å². The van der Waals surface area contributed by atoms with Crippen molar-refractivity contribution in [3.63, 3.8) is 0 Å². The van der Waals surface area contributed by atoms with E-state index in [-0.39, 0.29) is 22.4 Å². The highest BCUT2D eigenvalue weighted by atomic mass is 16.6. The van der Waals surface area contributed by atoms with Crippen LogP contribution in [-0.2, 0) is 14.3 Å². The van der Waals surface area contributed by atoms with Gasteiger partial charge in [0.2, 0.25) is 0 Å². The molecule has 3 heteroatoms. The molecule has 10 atom stereocenters. The van der Waals surface area contributed by atoms with E-state index < -0.39 is 0 Å². The van der Waals surface area contributed by atoms with Gasteiger partial charge in [0.15, 0.2) is 5.78 Å². The summed E-state index contributed by atoms with van der Waals surface area (Å²) in [6.07, 6.45) is 10.6. The Morgan fingerprint density at radius 1 is 1.00 bits per heavy atom. The van der Waals surface area contributed by atoms with Crippen LogP contribution in [0.5, 0.6) is 0 Å². The van der Waals surface area contributed by atoms with Crippen LogP contribution in [0, 0.1) is 52.3 Å². The highest BCUT2D eigenvalue weighted by Gasteiger charge is 2.81. The van der Waals surface area contributed by atoms with Crippen LogP contribution >= 0.6 is 0 Å². The number of hydrogen-bond donors (Lipinski definition) is 0. The van der Waals surface area contributed by atoms with E-state index in [0.29, 0.717) is 24.0 Å². The van der Waals surface area contributed by atoms with E-state index in [1.165, 1.54) is 31.3 Å². The van der Waals surface area contributed by atoms with E-state index in [9.17, 15) is 9.59 Å². The highest BCUT2D eigenvalue weighted by molar-refractivity contribution is 5.92. The largest absolute Gasteiger partial charge is 0.458 e. The molecule has 1 saturated heterocycles. The Balaban J connectivity index is 1.33. The number of carbonyl (C=O) groups excluding carboxylic acids is 2. The monoisotopic (exact) mass is 366 g/mol. The number of allylic oxidation sites excluding steroid dienone is 1. The number of esters is 1. The number of ketones is 1. The molecule has 0 amide bonds. The minimum absolute atomic E-state index is 0.0561. The van der Waals surface area contributed by atoms with Crippen LogP contribution in [0.1, 0.15) is 65.2 Å². The number of ether oxygens (including phenoxy) is 1. The molecule has 0 N–H and O–H groups in total. The molecule has 6 aliphatic carbocycles. The van der Waals surface area contributed by atoms with Gasteiger partial charge in [0, 0.05) is 24.2 Å². The van der Waals surface area contributed by atoms with Crippen LogP contribution in [0.3, 0.4) is 0 Å². The van der Waals surface area contributed by atoms with Gasteiger partial charge in [0.1, 0.15) is 5.60 Å². The molecule has 1 heterocycles. The van der Waals surface area contributed by atoms with Crippen molar-refractivity contribution < 1.29 is 14.3 Å². The molecule has 7 rings (SSSR count). The lowest BCUT2D eigenvalue weighted by Gasteiger charge is -2.60. The van der Waals surface area contributed by atoms with Crippen LogP contribution in [0.25, 0.3) is 0 Å². The van der Waals surface area contributed by atoms with Gasteiger partial charge >= 0.3 is 5.97 Å². The molecule has 6 fully saturated rings. The lowest BCUT2D eigenvalue weighted by atomic mass is 9.45. The van der Waals surface area contributed by atoms with Crippen LogP contribution in [0.15, 0.2) is 11.6 Å². The Morgan fingerprint density at radius 2 is 1.85 bits per heavy atom. The zero-order valence-corrected chi connectivity index (χ0v) is 16.5. The molecule has 0 aromatic rings. The first-order valence-electron chi connectivity index (χ1n) is 11.4. The lowest BCUT2D eigenvalue weighted by molar-refractivity contribution is -0.177. The van der Waals surface area contributed by atoms with Gasteiger partial charge in [-0.15, -0.1) is 0 Å². The van der Waals surface area contributed by atoms with E-state index in [4.69, 9.17) is 4.74 Å². The third-order valence-electron chi connectivity index (χ3n) is 10.9. The number of fused-ring (bicyclic) bond motifs is 12. The molecule has 27 heavy (non-hydrogen) atoms. The van der Waals surface area contributed by atoms with E-state index in [0.717, 1.165) is 48.9 Å². The molecule has 3 nitrogen and oxygen atoms in total. The lowest BCUT2D eigenvalue weighted by Crippen LogP contribution is -2.57. The third-order valence-corrected chi connectivity index (χ3v) is 10.9. The molecule has 7 aliphatic rings. The van der Waals surface area contributed by atoms with Crippen molar-refractivity contribution in [2.24, 2.45) is 52.3 Å². The Morgan fingerprint density at radius 3 is 2.63 bits per heavy atom. The minimum Gasteiger partial charge on any atom is -0.458 e. The summed E-state index contributed by atoms with van der Waals surface area (Å²) in [4.78, 5) is 24.3. The van der Waals surface area contributed by atoms with Crippen LogP contribution in [-0.4, -0.2) is 17.4 Å². The minimum atomic E-state index is -0.131. The second-order valence-electron chi connectivity index (χ2n) is 11.5. The molecule has 0 aromatic heterocycles. The molecule has 1 spiro atoms. The van der Waals surface area contributed by atoms with Gasteiger partial charge in [-0.3, -0.25) is 9.59 Å². The first-order valence-corrected chi connectivity index (χ1v) is 11.4. The molecule has 0 aromatic carbocycles. The summed E-state index contributed by atoms with van der Waals surface area (Å²) in [6, 6.07) is 0. The SMILES string of the molecule is C[C@]12CCC(=O)C=C1[C@@H]1C[C@@H]1[C@H]1[C@H]3[C@@H]4C[C@@H]4[C@@]4(CCC(=O)O4)[C@@]3(C)CC[C@@H]12. The van der Waals surface area contributed by atoms with Crippen molar-refractivity contribution >= 4 is 11.8 Å². The average molecular weight is 367 g/mol. The van der Waals surface area contributed by atoms with Crippen molar-refractivity contribution in [3.8, 4) is 0 Å². The maximum Gasteiger partial charge on any atom is 0.306 e. The normalized spacial score (nSPS) is 62.0. The zero-order valence-electron chi connectivity index (χ0n) is 16.5. The maximum absolute atomic E-state index is 12.2. The summed E-state index contributed by atoms with van der Waals surface area (Å²) in [5.74, 6) is 5.65. The van der Waals surface area contributed by atoms with Gasteiger partial charge in [0.25, 0.3) is 0 Å². The Bertz CT molecular complexity index is 827. The average Bonchev–Trinajstić information content (AvgIpc) is 3.53. The molecular formula is C24H30O3. The van der Waals surface area contributed by atoms with Crippen molar-refractivity contribution in [1.29, 1.82) is 0 Å². The van der Waals surface area contributed by atoms with E-state index >= 15 is 0 Å². The zero-order chi connectivity index (χ0) is 18.3. The van der Waals surface area contributed by atoms with Gasteiger partial charge in [-0.25, -0.2) is 0 Å². The van der Waals surface area contributed by atoms with E-state index in [1.54, 1.807) is 0 Å². The summed E-state index contributed by atoms with van der Waals surface area (Å²) >= 11 is 0. The van der Waals surface area contributed by atoms with Gasteiger partial charge in [-0.2, -0.15) is 0 Å². The second kappa shape index (κ2) is 4.39. The molecule has 0 unspecified atom stereocenters. The summed E-state index contributed by atoms with van der Waals surface area (Å²) in [5.41, 5.74) is 1.85. The van der Waals surface area contributed by atoms with E-state index in [1.807, 2.05) is 0 Å². The Hall–Kier alpha value is -1.12. The van der Waals surface area contributed by atoms with Gasteiger partial charge in [-0.05, 0) is 85.5 Å². The van der Waals surface area contributed by atoms with Crippen molar-refractivity contribution in [1.82, 2.24) is 0 Å². The molecule has 1 aliphatic heterocycles. The van der Waals surface area contributed by atoms with Crippen molar-refractivity contribution in [2.75, 3.05) is 0 Å². The highest BCUT2D eigenvalue weighted by Crippen LogP contribution is 2.82. The summed E-state index contributed by atoms with van der Waals surface area (Å²) in [5, 5.41) is 0. The third kappa shape index (κ3) is 1.58. The standard InChI is InChI=1S/C24H30O3/c1-22-6-3-12(25)9-17(22)13-10-14(13)20-16(22)4-7-23(2)21(20)15-11-18(15)24(23)8-5-19(26)27-24/h9,13-16,18,20-21H,3-8,10-11H2,1-2H3/t13-,14+,15-,16+,18+,20-,21-,22-,23+,24+/m1/s1. The summed E-state index contributed by atoms with van der Waals surface area (Å²) in [7, 11) is 0. The second-order valence-corrected chi connectivity index (χ2v) is 11.5. The fraction of sp³-hybridized carbons (Fsp3) is 0.833. The topological polar surface area (TPSA) is 43.4 Å². The number of rotatable bonds is 0. The van der Waals surface area contributed by atoms with Gasteiger partial charge in [0.05, 0.1) is 0 Å². The fourth-order valence-electron chi connectivity index (χ4n) is 9.74. The molecule has 144 valence electrons. The first-order chi connectivity index (χ1) is 12.9. The summed E-state index contributed by atoms with van der Waals surface area (Å²) < 4.78 is 6.22. The molecule has 5 saturated carbocycles. The molecule has 0 radical (unpaired) electrons. The maximum atomic E-state index is 12.2.